The minimum absolute atomic E-state index is 0.0148. The van der Waals surface area contributed by atoms with Crippen LogP contribution in [0.2, 0.25) is 0 Å². The number of unbranched alkanes of at least 4 members (excludes halogenated alkanes) is 1. The predicted molar refractivity (Wildman–Crippen MR) is 114 cm³/mol. The summed E-state index contributed by atoms with van der Waals surface area (Å²) in [5.41, 5.74) is 3.17. The minimum Gasteiger partial charge on any atom is -0.416 e. The van der Waals surface area contributed by atoms with Crippen molar-refractivity contribution in [1.29, 1.82) is 0 Å². The SMILES string of the molecule is Cc1ccccc1Cc1nnc(SCCCCn2cnc3ccccc3c2=O)o1. The molecule has 0 spiro atoms. The Morgan fingerprint density at radius 3 is 2.76 bits per heavy atom. The highest BCUT2D eigenvalue weighted by Gasteiger charge is 2.09. The van der Waals surface area contributed by atoms with Crippen LogP contribution in [0.4, 0.5) is 0 Å². The first-order valence-corrected chi connectivity index (χ1v) is 10.6. The largest absolute Gasteiger partial charge is 0.416 e. The van der Waals surface area contributed by atoms with Crippen LogP contribution in [0, 0.1) is 6.92 Å². The molecule has 4 aromatic rings. The highest BCUT2D eigenvalue weighted by molar-refractivity contribution is 7.99. The Hall–Kier alpha value is -2.93. The molecule has 0 radical (unpaired) electrons. The van der Waals surface area contributed by atoms with Crippen molar-refractivity contribution >= 4 is 22.7 Å². The number of aromatic nitrogens is 4. The van der Waals surface area contributed by atoms with E-state index in [0.29, 0.717) is 29.5 Å². The zero-order valence-corrected chi connectivity index (χ0v) is 17.1. The molecule has 2 aromatic carbocycles. The van der Waals surface area contributed by atoms with E-state index in [-0.39, 0.29) is 5.56 Å². The molecule has 0 unspecified atom stereocenters. The van der Waals surface area contributed by atoms with Gasteiger partial charge in [0.05, 0.1) is 23.7 Å². The summed E-state index contributed by atoms with van der Waals surface area (Å²) in [7, 11) is 0. The second kappa shape index (κ2) is 9.05. The zero-order valence-electron chi connectivity index (χ0n) is 16.2. The second-order valence-corrected chi connectivity index (χ2v) is 7.93. The fraction of sp³-hybridized carbons (Fsp3) is 0.273. The summed E-state index contributed by atoms with van der Waals surface area (Å²) < 4.78 is 7.43. The summed E-state index contributed by atoms with van der Waals surface area (Å²) in [6, 6.07) is 15.6. The molecule has 6 nitrogen and oxygen atoms in total. The molecule has 148 valence electrons. The number of nitrogens with zero attached hydrogens (tertiary/aromatic N) is 4. The third-order valence-corrected chi connectivity index (χ3v) is 5.71. The molecule has 0 amide bonds. The summed E-state index contributed by atoms with van der Waals surface area (Å²) >= 11 is 1.55. The third-order valence-electron chi connectivity index (χ3n) is 4.80. The first-order valence-electron chi connectivity index (χ1n) is 9.64. The minimum atomic E-state index is 0.0148. The molecule has 0 bridgehead atoms. The van der Waals surface area contributed by atoms with E-state index in [1.54, 1.807) is 22.7 Å². The van der Waals surface area contributed by atoms with Gasteiger partial charge < -0.3 is 4.42 Å². The lowest BCUT2D eigenvalue weighted by molar-refractivity contribution is 0.420. The average Bonchev–Trinajstić information content (AvgIpc) is 3.18. The molecule has 0 N–H and O–H groups in total. The quantitative estimate of drug-likeness (QED) is 0.322. The van der Waals surface area contributed by atoms with Crippen LogP contribution < -0.4 is 5.56 Å². The van der Waals surface area contributed by atoms with Crippen LogP contribution in [0.3, 0.4) is 0 Å². The van der Waals surface area contributed by atoms with E-state index < -0.39 is 0 Å². The van der Waals surface area contributed by atoms with Gasteiger partial charge in [0.25, 0.3) is 10.8 Å². The Labute approximate surface area is 173 Å². The van der Waals surface area contributed by atoms with Gasteiger partial charge in [0.1, 0.15) is 0 Å². The van der Waals surface area contributed by atoms with Crippen LogP contribution in [-0.2, 0) is 13.0 Å². The van der Waals surface area contributed by atoms with Gasteiger partial charge in [0.15, 0.2) is 0 Å². The molecule has 29 heavy (non-hydrogen) atoms. The Morgan fingerprint density at radius 2 is 1.86 bits per heavy atom. The van der Waals surface area contributed by atoms with Crippen molar-refractivity contribution < 1.29 is 4.42 Å². The summed E-state index contributed by atoms with van der Waals surface area (Å²) in [6.45, 7) is 2.73. The lowest BCUT2D eigenvalue weighted by Crippen LogP contribution is -2.20. The smallest absolute Gasteiger partial charge is 0.276 e. The third kappa shape index (κ3) is 4.74. The summed E-state index contributed by atoms with van der Waals surface area (Å²) in [5, 5.41) is 9.53. The number of thioether (sulfide) groups is 1. The highest BCUT2D eigenvalue weighted by Crippen LogP contribution is 2.20. The summed E-state index contributed by atoms with van der Waals surface area (Å²) in [6.07, 6.45) is 4.11. The van der Waals surface area contributed by atoms with Crippen molar-refractivity contribution in [3.05, 3.63) is 82.2 Å². The lowest BCUT2D eigenvalue weighted by atomic mass is 10.1. The van der Waals surface area contributed by atoms with Crippen LogP contribution in [0.15, 0.2) is 69.3 Å². The lowest BCUT2D eigenvalue weighted by Gasteiger charge is -2.06. The Bertz CT molecular complexity index is 1170. The molecular weight excluding hydrogens is 384 g/mol. The molecule has 0 aliphatic rings. The van der Waals surface area contributed by atoms with E-state index in [1.165, 1.54) is 11.1 Å². The fourth-order valence-electron chi connectivity index (χ4n) is 3.15. The first kappa shape index (κ1) is 19.4. The van der Waals surface area contributed by atoms with Gasteiger partial charge in [-0.2, -0.15) is 0 Å². The van der Waals surface area contributed by atoms with Gasteiger partial charge in [-0.25, -0.2) is 4.98 Å². The Kier molecular flexibility index (Phi) is 6.05. The number of hydrogen-bond donors (Lipinski definition) is 0. The van der Waals surface area contributed by atoms with E-state index in [0.717, 1.165) is 24.1 Å². The van der Waals surface area contributed by atoms with Crippen LogP contribution >= 0.6 is 11.8 Å². The maximum Gasteiger partial charge on any atom is 0.276 e. The van der Waals surface area contributed by atoms with E-state index in [2.05, 4.69) is 34.2 Å². The van der Waals surface area contributed by atoms with E-state index in [4.69, 9.17) is 4.42 Å². The Balaban J connectivity index is 1.25. The van der Waals surface area contributed by atoms with Crippen molar-refractivity contribution in [2.45, 2.75) is 38.0 Å². The van der Waals surface area contributed by atoms with Gasteiger partial charge in [0, 0.05) is 12.3 Å². The van der Waals surface area contributed by atoms with Crippen LogP contribution in [0.25, 0.3) is 10.9 Å². The van der Waals surface area contributed by atoms with Gasteiger partial charge >= 0.3 is 0 Å². The topological polar surface area (TPSA) is 73.8 Å². The molecule has 0 saturated heterocycles. The van der Waals surface area contributed by atoms with Gasteiger partial charge in [-0.15, -0.1) is 10.2 Å². The summed E-state index contributed by atoms with van der Waals surface area (Å²) in [4.78, 5) is 16.8. The van der Waals surface area contributed by atoms with Crippen LogP contribution in [0.1, 0.15) is 29.9 Å². The normalized spacial score (nSPS) is 11.2. The van der Waals surface area contributed by atoms with Gasteiger partial charge in [-0.05, 0) is 43.0 Å². The van der Waals surface area contributed by atoms with E-state index in [1.807, 2.05) is 36.4 Å². The zero-order chi connectivity index (χ0) is 20.1. The maximum atomic E-state index is 12.5. The van der Waals surface area contributed by atoms with E-state index in [9.17, 15) is 4.79 Å². The van der Waals surface area contributed by atoms with Crippen molar-refractivity contribution in [1.82, 2.24) is 19.7 Å². The molecule has 0 aliphatic carbocycles. The number of fused-ring (bicyclic) bond motifs is 1. The monoisotopic (exact) mass is 406 g/mol. The Morgan fingerprint density at radius 1 is 1.03 bits per heavy atom. The van der Waals surface area contributed by atoms with Crippen LogP contribution in [0.5, 0.6) is 0 Å². The predicted octanol–water partition coefficient (Wildman–Crippen LogP) is 4.25. The molecular formula is C22H22N4O2S. The highest BCUT2D eigenvalue weighted by atomic mass is 32.2. The van der Waals surface area contributed by atoms with Crippen LogP contribution in [-0.4, -0.2) is 25.5 Å². The number of para-hydroxylation sites is 1. The molecule has 2 aromatic heterocycles. The first-order chi connectivity index (χ1) is 14.2. The fourth-order valence-corrected chi connectivity index (χ4v) is 3.93. The molecule has 0 atom stereocenters. The van der Waals surface area contributed by atoms with Gasteiger partial charge in [0.2, 0.25) is 5.89 Å². The molecule has 0 aliphatic heterocycles. The number of aryl methyl sites for hydroxylation is 2. The van der Waals surface area contributed by atoms with Crippen molar-refractivity contribution in [2.75, 3.05) is 5.75 Å². The molecule has 4 rings (SSSR count). The number of rotatable bonds is 8. The second-order valence-electron chi connectivity index (χ2n) is 6.88. The average molecular weight is 407 g/mol. The molecule has 2 heterocycles. The van der Waals surface area contributed by atoms with Gasteiger partial charge in [-0.3, -0.25) is 9.36 Å². The van der Waals surface area contributed by atoms with Gasteiger partial charge in [-0.1, -0.05) is 48.2 Å². The molecule has 7 heteroatoms. The standard InChI is InChI=1S/C22H22N4O2S/c1-16-8-2-3-9-17(16)14-20-24-25-22(28-20)29-13-7-6-12-26-15-23-19-11-5-4-10-18(19)21(26)27/h2-5,8-11,15H,6-7,12-14H2,1H3. The maximum absolute atomic E-state index is 12.5. The van der Waals surface area contributed by atoms with Crippen molar-refractivity contribution in [3.63, 3.8) is 0 Å². The number of benzene rings is 2. The molecule has 0 saturated carbocycles. The van der Waals surface area contributed by atoms with Crippen molar-refractivity contribution in [3.8, 4) is 0 Å². The summed E-state index contributed by atoms with van der Waals surface area (Å²) in [5.74, 6) is 1.50. The van der Waals surface area contributed by atoms with Crippen molar-refractivity contribution in [2.24, 2.45) is 0 Å². The number of hydrogen-bond acceptors (Lipinski definition) is 6. The molecule has 0 fully saturated rings. The van der Waals surface area contributed by atoms with E-state index >= 15 is 0 Å².